The molecule has 0 atom stereocenters. The average Bonchev–Trinajstić information content (AvgIpc) is 2.96. The van der Waals surface area contributed by atoms with Crippen molar-refractivity contribution < 1.29 is 23.1 Å². The number of carboxylic acid groups (broad SMARTS) is 1. The van der Waals surface area contributed by atoms with Crippen LogP contribution in [-0.4, -0.2) is 63.7 Å². The van der Waals surface area contributed by atoms with E-state index in [0.29, 0.717) is 17.9 Å². The van der Waals surface area contributed by atoms with E-state index >= 15 is 0 Å². The molecule has 5 rings (SSSR count). The highest BCUT2D eigenvalue weighted by atomic mass is 32.2. The minimum absolute atomic E-state index is 0.00268. The van der Waals surface area contributed by atoms with Crippen LogP contribution in [0.25, 0.3) is 21.9 Å². The van der Waals surface area contributed by atoms with E-state index in [1.807, 2.05) is 43.3 Å². The molecule has 1 aliphatic rings. The van der Waals surface area contributed by atoms with Gasteiger partial charge in [-0.25, -0.2) is 13.2 Å². The van der Waals surface area contributed by atoms with Gasteiger partial charge in [-0.1, -0.05) is 42.5 Å². The number of carbonyl (C=O) groups is 1. The van der Waals surface area contributed by atoms with E-state index in [0.717, 1.165) is 61.0 Å². The van der Waals surface area contributed by atoms with Gasteiger partial charge in [-0.2, -0.15) is 0 Å². The molecule has 40 heavy (non-hydrogen) atoms. The van der Waals surface area contributed by atoms with Crippen LogP contribution in [0.2, 0.25) is 0 Å². The number of aryl methyl sites for hydroxylation is 1. The van der Waals surface area contributed by atoms with Crippen LogP contribution in [0, 0.1) is 6.92 Å². The molecule has 0 radical (unpaired) electrons. The summed E-state index contributed by atoms with van der Waals surface area (Å²) in [4.78, 5) is 14.4. The number of ether oxygens (including phenoxy) is 1. The molecule has 0 saturated carbocycles. The molecule has 9 heteroatoms. The van der Waals surface area contributed by atoms with Crippen LogP contribution in [-0.2, 0) is 10.0 Å². The Labute approximate surface area is 234 Å². The standard InChI is InChI=1S/C31H33N3O5S/c1-22-7-13-27(28-6-3-2-5-26(22)28)23-8-14-29(31(35)36)30(21-23)33-40(37,38)25-11-9-24(10-12-25)39-20-4-17-34-18-15-32-16-19-34/h2-3,5-14,21,32-33H,4,15-20H2,1H3,(H,35,36). The number of anilines is 1. The minimum Gasteiger partial charge on any atom is -0.494 e. The molecule has 1 heterocycles. The van der Waals surface area contributed by atoms with Gasteiger partial charge in [0.15, 0.2) is 0 Å². The summed E-state index contributed by atoms with van der Waals surface area (Å²) in [7, 11) is -4.06. The van der Waals surface area contributed by atoms with Crippen molar-refractivity contribution in [2.24, 2.45) is 0 Å². The van der Waals surface area contributed by atoms with Gasteiger partial charge < -0.3 is 20.1 Å². The van der Waals surface area contributed by atoms with Gasteiger partial charge in [0.2, 0.25) is 0 Å². The van der Waals surface area contributed by atoms with Crippen LogP contribution in [0.3, 0.4) is 0 Å². The second kappa shape index (κ2) is 12.1. The molecule has 0 spiro atoms. The molecular formula is C31H33N3O5S. The lowest BCUT2D eigenvalue weighted by molar-refractivity contribution is 0.0698. The highest BCUT2D eigenvalue weighted by Gasteiger charge is 2.20. The van der Waals surface area contributed by atoms with Crippen molar-refractivity contribution in [2.45, 2.75) is 18.2 Å². The highest BCUT2D eigenvalue weighted by Crippen LogP contribution is 2.34. The molecule has 1 fully saturated rings. The maximum atomic E-state index is 13.3. The van der Waals surface area contributed by atoms with Gasteiger partial charge in [0.1, 0.15) is 5.75 Å². The van der Waals surface area contributed by atoms with E-state index in [9.17, 15) is 18.3 Å². The number of carboxylic acids is 1. The van der Waals surface area contributed by atoms with Crippen molar-refractivity contribution >= 4 is 32.5 Å². The first-order chi connectivity index (χ1) is 19.3. The van der Waals surface area contributed by atoms with Crippen molar-refractivity contribution in [3.8, 4) is 16.9 Å². The number of hydrogen-bond acceptors (Lipinski definition) is 6. The lowest BCUT2D eigenvalue weighted by Gasteiger charge is -2.26. The first-order valence-corrected chi connectivity index (χ1v) is 14.8. The van der Waals surface area contributed by atoms with Crippen molar-refractivity contribution in [1.82, 2.24) is 10.2 Å². The Bertz CT molecular complexity index is 1610. The second-order valence-electron chi connectivity index (χ2n) is 9.91. The quantitative estimate of drug-likeness (QED) is 0.235. The minimum atomic E-state index is -4.06. The number of benzene rings is 4. The van der Waals surface area contributed by atoms with Crippen molar-refractivity contribution in [3.05, 3.63) is 90.0 Å². The topological polar surface area (TPSA) is 108 Å². The lowest BCUT2D eigenvalue weighted by atomic mass is 9.94. The number of piperazine rings is 1. The fourth-order valence-electron chi connectivity index (χ4n) is 5.02. The van der Waals surface area contributed by atoms with Gasteiger partial charge in [0.05, 0.1) is 22.8 Å². The van der Waals surface area contributed by atoms with Gasteiger partial charge in [0, 0.05) is 32.7 Å². The lowest BCUT2D eigenvalue weighted by Crippen LogP contribution is -2.43. The van der Waals surface area contributed by atoms with Gasteiger partial charge in [-0.05, 0) is 77.2 Å². The van der Waals surface area contributed by atoms with Gasteiger partial charge >= 0.3 is 5.97 Å². The normalized spacial score (nSPS) is 14.2. The van der Waals surface area contributed by atoms with Gasteiger partial charge in [-0.3, -0.25) is 4.72 Å². The van der Waals surface area contributed by atoms with Crippen molar-refractivity contribution in [2.75, 3.05) is 44.1 Å². The Hall–Kier alpha value is -3.92. The fourth-order valence-corrected chi connectivity index (χ4v) is 6.09. The van der Waals surface area contributed by atoms with E-state index in [4.69, 9.17) is 4.74 Å². The zero-order valence-electron chi connectivity index (χ0n) is 22.4. The maximum absolute atomic E-state index is 13.3. The number of aromatic carboxylic acids is 1. The molecule has 4 aromatic rings. The van der Waals surface area contributed by atoms with Crippen LogP contribution in [0.5, 0.6) is 5.75 Å². The molecule has 1 saturated heterocycles. The zero-order chi connectivity index (χ0) is 28.1. The Morgan fingerprint density at radius 1 is 0.975 bits per heavy atom. The first kappa shape index (κ1) is 27.6. The summed E-state index contributed by atoms with van der Waals surface area (Å²) in [6, 6.07) is 22.8. The second-order valence-corrected chi connectivity index (χ2v) is 11.6. The Kier molecular flexibility index (Phi) is 8.35. The molecule has 0 aromatic heterocycles. The molecule has 208 valence electrons. The van der Waals surface area contributed by atoms with Gasteiger partial charge in [-0.15, -0.1) is 0 Å². The number of hydrogen-bond donors (Lipinski definition) is 3. The Morgan fingerprint density at radius 2 is 1.70 bits per heavy atom. The third-order valence-corrected chi connectivity index (χ3v) is 8.56. The summed E-state index contributed by atoms with van der Waals surface area (Å²) in [6.07, 6.45) is 0.881. The zero-order valence-corrected chi connectivity index (χ0v) is 23.2. The van der Waals surface area contributed by atoms with Gasteiger partial charge in [0.25, 0.3) is 10.0 Å². The summed E-state index contributed by atoms with van der Waals surface area (Å²) in [5.41, 5.74) is 2.59. The Morgan fingerprint density at radius 3 is 2.42 bits per heavy atom. The third kappa shape index (κ3) is 6.28. The number of nitrogens with zero attached hydrogens (tertiary/aromatic N) is 1. The molecule has 4 aromatic carbocycles. The first-order valence-electron chi connectivity index (χ1n) is 13.4. The molecular weight excluding hydrogens is 526 g/mol. The molecule has 0 amide bonds. The largest absolute Gasteiger partial charge is 0.494 e. The maximum Gasteiger partial charge on any atom is 0.337 e. The van der Waals surface area contributed by atoms with Crippen LogP contribution in [0.15, 0.2) is 83.8 Å². The van der Waals surface area contributed by atoms with E-state index in [1.165, 1.54) is 18.2 Å². The Balaban J connectivity index is 1.33. The molecule has 1 aliphatic heterocycles. The van der Waals surface area contributed by atoms with Crippen LogP contribution < -0.4 is 14.8 Å². The smallest absolute Gasteiger partial charge is 0.337 e. The SMILES string of the molecule is Cc1ccc(-c2ccc(C(=O)O)c(NS(=O)(=O)c3ccc(OCCCN4CCNCC4)cc3)c2)c2ccccc12. The molecule has 8 nitrogen and oxygen atoms in total. The number of nitrogens with one attached hydrogen (secondary N) is 2. The van der Waals surface area contributed by atoms with E-state index in [2.05, 4.69) is 14.9 Å². The number of rotatable bonds is 10. The summed E-state index contributed by atoms with van der Waals surface area (Å²) < 4.78 is 34.9. The van der Waals surface area contributed by atoms with Crippen molar-refractivity contribution in [1.29, 1.82) is 0 Å². The third-order valence-electron chi connectivity index (χ3n) is 7.18. The molecule has 0 bridgehead atoms. The molecule has 0 unspecified atom stereocenters. The van der Waals surface area contributed by atoms with E-state index in [1.54, 1.807) is 24.3 Å². The highest BCUT2D eigenvalue weighted by molar-refractivity contribution is 7.92. The number of sulfonamides is 1. The van der Waals surface area contributed by atoms with Crippen LogP contribution >= 0.6 is 0 Å². The van der Waals surface area contributed by atoms with Crippen LogP contribution in [0.4, 0.5) is 5.69 Å². The van der Waals surface area contributed by atoms with E-state index in [-0.39, 0.29) is 16.1 Å². The fraction of sp³-hybridized carbons (Fsp3) is 0.258. The summed E-state index contributed by atoms with van der Waals surface area (Å²) in [5.74, 6) is -0.638. The summed E-state index contributed by atoms with van der Waals surface area (Å²) >= 11 is 0. The van der Waals surface area contributed by atoms with Crippen molar-refractivity contribution in [3.63, 3.8) is 0 Å². The van der Waals surface area contributed by atoms with Crippen LogP contribution in [0.1, 0.15) is 22.3 Å². The average molecular weight is 560 g/mol. The monoisotopic (exact) mass is 559 g/mol. The molecule has 3 N–H and O–H groups in total. The number of fused-ring (bicyclic) bond motifs is 1. The summed E-state index contributed by atoms with van der Waals surface area (Å²) in [6.45, 7) is 7.61. The summed E-state index contributed by atoms with van der Waals surface area (Å²) in [5, 5.41) is 15.2. The molecule has 0 aliphatic carbocycles. The van der Waals surface area contributed by atoms with E-state index < -0.39 is 16.0 Å². The predicted molar refractivity (Wildman–Crippen MR) is 158 cm³/mol. The predicted octanol–water partition coefficient (Wildman–Crippen LogP) is 4.99.